The Kier molecular flexibility index (Phi) is 7.75. The highest BCUT2D eigenvalue weighted by Crippen LogP contribution is 2.66. The molecule has 11 nitrogen and oxygen atoms in total. The number of nitrogens with one attached hydrogen (secondary N) is 1. The molecular formula is C40H45N5O6S. The van der Waals surface area contributed by atoms with Crippen LogP contribution in [0.2, 0.25) is 0 Å². The fourth-order valence-electron chi connectivity index (χ4n) is 10.1. The van der Waals surface area contributed by atoms with Crippen LogP contribution in [-0.4, -0.2) is 72.9 Å². The topological polar surface area (TPSA) is 123 Å². The van der Waals surface area contributed by atoms with E-state index in [4.69, 9.17) is 4.74 Å². The predicted molar refractivity (Wildman–Crippen MR) is 198 cm³/mol. The fraction of sp³-hybridized carbons (Fsp3) is 0.475. The Hall–Kier alpha value is -4.42. The molecule has 5 heterocycles. The van der Waals surface area contributed by atoms with Gasteiger partial charge in [-0.1, -0.05) is 31.4 Å². The summed E-state index contributed by atoms with van der Waals surface area (Å²) in [6.45, 7) is 2.27. The first-order valence-corrected chi connectivity index (χ1v) is 20.0. The number of likely N-dealkylation sites (tertiary alicyclic amines) is 1. The summed E-state index contributed by atoms with van der Waals surface area (Å²) in [5.41, 5.74) is 6.00. The van der Waals surface area contributed by atoms with Gasteiger partial charge in [-0.2, -0.15) is 12.7 Å². The minimum absolute atomic E-state index is 0.00681. The van der Waals surface area contributed by atoms with Crippen molar-refractivity contribution in [2.45, 2.75) is 75.8 Å². The Morgan fingerprint density at radius 3 is 2.52 bits per heavy atom. The molecule has 0 spiro atoms. The first-order chi connectivity index (χ1) is 25.0. The Bertz CT molecular complexity index is 2320. The maximum absolute atomic E-state index is 15.2. The lowest BCUT2D eigenvalue weighted by Gasteiger charge is -2.44. The van der Waals surface area contributed by atoms with Gasteiger partial charge < -0.3 is 18.8 Å². The summed E-state index contributed by atoms with van der Waals surface area (Å²) in [5.74, 6) is 0.840. The zero-order valence-corrected chi connectivity index (χ0v) is 30.7. The second kappa shape index (κ2) is 12.1. The number of carbonyl (C=O) groups excluding carboxylic acids is 2. The first-order valence-electron chi connectivity index (χ1n) is 18.6. The van der Waals surface area contributed by atoms with Crippen LogP contribution in [0.25, 0.3) is 22.2 Å². The van der Waals surface area contributed by atoms with E-state index in [2.05, 4.69) is 26.3 Å². The van der Waals surface area contributed by atoms with Crippen LogP contribution in [0.3, 0.4) is 0 Å². The molecule has 2 saturated carbocycles. The van der Waals surface area contributed by atoms with Crippen molar-refractivity contribution in [3.8, 4) is 17.0 Å². The van der Waals surface area contributed by atoms with Gasteiger partial charge in [0.05, 0.1) is 18.2 Å². The van der Waals surface area contributed by atoms with Crippen LogP contribution in [0.4, 0.5) is 0 Å². The lowest BCUT2D eigenvalue weighted by atomic mass is 9.81. The number of aromatic nitrogens is 2. The van der Waals surface area contributed by atoms with E-state index >= 15 is 4.79 Å². The largest absolute Gasteiger partial charge is 0.497 e. The predicted octanol–water partition coefficient (Wildman–Crippen LogP) is 5.20. The van der Waals surface area contributed by atoms with Crippen LogP contribution in [-0.2, 0) is 28.1 Å². The standard InChI is InChI=1S/C40H45N5O6S/c1-42(2)52(49,50)41-38(47)26-12-14-30-34(17-26)45-23-40(39(48)43-20-24-16-27(22-43)33-10-7-11-35(46)44(33)21-24)19-32(40)31-18-28(51-3)13-15-29(31)37(45)36(30)25-8-5-4-6-9-25/h7,10-15,17-18,24-25,27,32H,4-6,8-9,16,19-23H2,1-3H3,(H,41,47)/t24-,27-,32?,40?/m0/s1. The van der Waals surface area contributed by atoms with E-state index < -0.39 is 21.5 Å². The summed E-state index contributed by atoms with van der Waals surface area (Å²) >= 11 is 0. The van der Waals surface area contributed by atoms with E-state index in [1.807, 2.05) is 34.9 Å². The zero-order valence-electron chi connectivity index (χ0n) is 29.9. The number of fused-ring (bicyclic) bond motifs is 11. The molecule has 2 aromatic carbocycles. The third-order valence-electron chi connectivity index (χ3n) is 12.7. The zero-order chi connectivity index (χ0) is 36.1. The number of methoxy groups -OCH3 is 1. The average molecular weight is 724 g/mol. The highest BCUT2D eigenvalue weighted by atomic mass is 32.2. The minimum Gasteiger partial charge on any atom is -0.497 e. The van der Waals surface area contributed by atoms with Crippen LogP contribution < -0.4 is 15.0 Å². The van der Waals surface area contributed by atoms with E-state index in [0.29, 0.717) is 38.5 Å². The minimum atomic E-state index is -4.00. The van der Waals surface area contributed by atoms with Crippen molar-refractivity contribution in [3.05, 3.63) is 87.3 Å². The van der Waals surface area contributed by atoms with Gasteiger partial charge in [-0.05, 0) is 85.0 Å². The van der Waals surface area contributed by atoms with Crippen molar-refractivity contribution >= 4 is 32.9 Å². The molecule has 4 atom stereocenters. The molecule has 2 amide bonds. The lowest BCUT2D eigenvalue weighted by Crippen LogP contribution is -2.51. The smallest absolute Gasteiger partial charge is 0.303 e. The fourth-order valence-corrected chi connectivity index (χ4v) is 10.6. The molecule has 12 heteroatoms. The molecule has 1 N–H and O–H groups in total. The number of nitrogens with zero attached hydrogens (tertiary/aromatic N) is 4. The van der Waals surface area contributed by atoms with Crippen molar-refractivity contribution in [3.63, 3.8) is 0 Å². The summed E-state index contributed by atoms with van der Waals surface area (Å²) in [5, 5.41) is 1.05. The number of piperidine rings is 1. The number of ether oxygens (including phenoxy) is 1. The van der Waals surface area contributed by atoms with Gasteiger partial charge in [-0.25, -0.2) is 4.72 Å². The molecule has 3 fully saturated rings. The maximum atomic E-state index is 15.2. The van der Waals surface area contributed by atoms with Gasteiger partial charge in [-0.3, -0.25) is 14.4 Å². The van der Waals surface area contributed by atoms with Crippen LogP contribution in [0, 0.1) is 11.3 Å². The molecule has 9 rings (SSSR count). The molecule has 2 unspecified atom stereocenters. The average Bonchev–Trinajstić information content (AvgIpc) is 3.81. The number of rotatable bonds is 6. The molecule has 272 valence electrons. The van der Waals surface area contributed by atoms with Crippen LogP contribution in [0.1, 0.15) is 89.9 Å². The molecule has 2 bridgehead atoms. The number of pyridine rings is 1. The van der Waals surface area contributed by atoms with Gasteiger partial charge in [0, 0.05) is 85.9 Å². The summed E-state index contributed by atoms with van der Waals surface area (Å²) in [7, 11) is 0.436. The van der Waals surface area contributed by atoms with Gasteiger partial charge in [0.25, 0.3) is 11.5 Å². The van der Waals surface area contributed by atoms with Crippen LogP contribution in [0.15, 0.2) is 59.4 Å². The van der Waals surface area contributed by atoms with Crippen molar-refractivity contribution in [2.24, 2.45) is 11.3 Å². The van der Waals surface area contributed by atoms with Crippen molar-refractivity contribution in [2.75, 3.05) is 34.3 Å². The van der Waals surface area contributed by atoms with E-state index in [0.717, 1.165) is 75.6 Å². The summed E-state index contributed by atoms with van der Waals surface area (Å²) < 4.78 is 38.4. The number of hydrogen-bond donors (Lipinski definition) is 1. The van der Waals surface area contributed by atoms with Crippen LogP contribution >= 0.6 is 0 Å². The van der Waals surface area contributed by atoms with E-state index in [1.165, 1.54) is 26.1 Å². The van der Waals surface area contributed by atoms with Crippen molar-refractivity contribution in [1.82, 2.24) is 23.1 Å². The molecule has 5 aliphatic rings. The Balaban J connectivity index is 1.19. The Morgan fingerprint density at radius 2 is 1.75 bits per heavy atom. The summed E-state index contributed by atoms with van der Waals surface area (Å²) in [6, 6.07) is 17.3. The monoisotopic (exact) mass is 723 g/mol. The maximum Gasteiger partial charge on any atom is 0.303 e. The van der Waals surface area contributed by atoms with E-state index in [-0.39, 0.29) is 34.8 Å². The SMILES string of the molecule is COc1ccc2c(c1)C1CC1(C(=O)N1C[C@@H]3C[C@@H](C1)c1cccc(=O)n1C3)Cn1c-2c(C2CCCCC2)c2ccc(C(=O)NS(=O)(=O)N(C)C)cc21. The molecule has 0 radical (unpaired) electrons. The van der Waals surface area contributed by atoms with Gasteiger partial charge in [0.1, 0.15) is 5.75 Å². The highest BCUT2D eigenvalue weighted by Gasteiger charge is 2.64. The van der Waals surface area contributed by atoms with Crippen molar-refractivity contribution in [1.29, 1.82) is 0 Å². The van der Waals surface area contributed by atoms with E-state index in [1.54, 1.807) is 19.2 Å². The number of carbonyl (C=O) groups is 2. The van der Waals surface area contributed by atoms with Gasteiger partial charge in [0.15, 0.2) is 0 Å². The Morgan fingerprint density at radius 1 is 0.942 bits per heavy atom. The van der Waals surface area contributed by atoms with Crippen LogP contribution in [0.5, 0.6) is 5.75 Å². The van der Waals surface area contributed by atoms with Gasteiger partial charge >= 0.3 is 10.2 Å². The number of amides is 2. The molecule has 2 aliphatic carbocycles. The lowest BCUT2D eigenvalue weighted by molar-refractivity contribution is -0.140. The third-order valence-corrected chi connectivity index (χ3v) is 14.1. The number of hydrogen-bond acceptors (Lipinski definition) is 6. The molecule has 3 aliphatic heterocycles. The van der Waals surface area contributed by atoms with Crippen molar-refractivity contribution < 1.29 is 22.7 Å². The summed E-state index contributed by atoms with van der Waals surface area (Å²) in [4.78, 5) is 43.4. The molecule has 52 heavy (non-hydrogen) atoms. The molecular weight excluding hydrogens is 679 g/mol. The van der Waals surface area contributed by atoms with E-state index in [9.17, 15) is 18.0 Å². The molecule has 2 aromatic heterocycles. The van der Waals surface area contributed by atoms with Gasteiger partial charge in [0.2, 0.25) is 5.91 Å². The number of benzene rings is 2. The second-order valence-corrected chi connectivity index (χ2v) is 17.8. The molecule has 4 aromatic rings. The quantitative estimate of drug-likeness (QED) is 0.292. The second-order valence-electron chi connectivity index (χ2n) is 15.9. The van der Waals surface area contributed by atoms with Gasteiger partial charge in [-0.15, -0.1) is 0 Å². The Labute approximate surface area is 303 Å². The summed E-state index contributed by atoms with van der Waals surface area (Å²) in [6.07, 6.45) is 7.30. The molecule has 1 saturated heterocycles. The normalized spacial score (nSPS) is 25.1. The highest BCUT2D eigenvalue weighted by molar-refractivity contribution is 7.87. The third kappa shape index (κ3) is 5.15. The first kappa shape index (κ1) is 33.4.